The minimum Gasteiger partial charge on any atom is -0.311 e. The topological polar surface area (TPSA) is 42.2 Å². The van der Waals surface area contributed by atoms with E-state index in [1.54, 1.807) is 6.20 Å². The molecule has 0 aliphatic carbocycles. The summed E-state index contributed by atoms with van der Waals surface area (Å²) in [5.41, 5.74) is 1.16. The van der Waals surface area contributed by atoms with E-state index in [-0.39, 0.29) is 0 Å². The van der Waals surface area contributed by atoms with Gasteiger partial charge in [0.05, 0.1) is 11.9 Å². The third kappa shape index (κ3) is 2.58. The predicted molar refractivity (Wildman–Crippen MR) is 64.1 cm³/mol. The molecule has 2 aromatic heterocycles. The van der Waals surface area contributed by atoms with Gasteiger partial charge in [-0.3, -0.25) is 4.40 Å². The van der Waals surface area contributed by atoms with Crippen molar-refractivity contribution < 1.29 is 0 Å². The van der Waals surface area contributed by atoms with Crippen LogP contribution < -0.4 is 5.32 Å². The Morgan fingerprint density at radius 2 is 2.25 bits per heavy atom. The van der Waals surface area contributed by atoms with E-state index in [4.69, 9.17) is 0 Å². The van der Waals surface area contributed by atoms with E-state index in [0.717, 1.165) is 30.5 Å². The average molecular weight is 218 g/mol. The Labute approximate surface area is 95.7 Å². The predicted octanol–water partition coefficient (Wildman–Crippen LogP) is 1.86. The van der Waals surface area contributed by atoms with Gasteiger partial charge >= 0.3 is 0 Å². The van der Waals surface area contributed by atoms with Gasteiger partial charge in [0.1, 0.15) is 0 Å². The molecule has 4 heteroatoms. The molecule has 0 unspecified atom stereocenters. The molecule has 2 aromatic rings. The first-order chi connectivity index (χ1) is 7.77. The van der Waals surface area contributed by atoms with Crippen molar-refractivity contribution in [2.75, 3.05) is 6.54 Å². The summed E-state index contributed by atoms with van der Waals surface area (Å²) in [5.74, 6) is 1.51. The number of imidazole rings is 1. The highest BCUT2D eigenvalue weighted by molar-refractivity contribution is 5.30. The van der Waals surface area contributed by atoms with Crippen molar-refractivity contribution in [3.05, 3.63) is 30.4 Å². The molecular formula is C12H18N4. The SMILES string of the molecule is CC(C)CCNCc1cnc2ncccn12. The highest BCUT2D eigenvalue weighted by Gasteiger charge is 2.02. The van der Waals surface area contributed by atoms with Gasteiger partial charge < -0.3 is 5.32 Å². The Kier molecular flexibility index (Phi) is 3.51. The summed E-state index contributed by atoms with van der Waals surface area (Å²) >= 11 is 0. The summed E-state index contributed by atoms with van der Waals surface area (Å²) in [6, 6.07) is 1.92. The van der Waals surface area contributed by atoms with Crippen LogP contribution in [-0.4, -0.2) is 20.9 Å². The Bertz CT molecular complexity index is 447. The minimum absolute atomic E-state index is 0.747. The number of nitrogens with zero attached hydrogens (tertiary/aromatic N) is 3. The van der Waals surface area contributed by atoms with Crippen LogP contribution in [0.15, 0.2) is 24.7 Å². The van der Waals surface area contributed by atoms with Crippen LogP contribution in [0.2, 0.25) is 0 Å². The molecule has 0 aliphatic rings. The molecule has 86 valence electrons. The molecule has 0 amide bonds. The van der Waals surface area contributed by atoms with Crippen LogP contribution in [0.3, 0.4) is 0 Å². The summed E-state index contributed by atoms with van der Waals surface area (Å²) < 4.78 is 2.02. The molecule has 0 aliphatic heterocycles. The number of hydrogen-bond donors (Lipinski definition) is 1. The van der Waals surface area contributed by atoms with Crippen LogP contribution in [0.5, 0.6) is 0 Å². The van der Waals surface area contributed by atoms with E-state index in [1.807, 2.05) is 22.9 Å². The fourth-order valence-corrected chi connectivity index (χ4v) is 1.62. The smallest absolute Gasteiger partial charge is 0.233 e. The third-order valence-corrected chi connectivity index (χ3v) is 2.57. The van der Waals surface area contributed by atoms with Crippen molar-refractivity contribution >= 4 is 5.78 Å². The average Bonchev–Trinajstić information content (AvgIpc) is 2.68. The molecule has 0 radical (unpaired) electrons. The van der Waals surface area contributed by atoms with Crippen molar-refractivity contribution in [2.24, 2.45) is 5.92 Å². The highest BCUT2D eigenvalue weighted by atomic mass is 15.1. The molecule has 4 nitrogen and oxygen atoms in total. The number of nitrogens with one attached hydrogen (secondary N) is 1. The van der Waals surface area contributed by atoms with E-state index in [9.17, 15) is 0 Å². The summed E-state index contributed by atoms with van der Waals surface area (Å²) in [7, 11) is 0. The Hall–Kier alpha value is -1.42. The van der Waals surface area contributed by atoms with Crippen LogP contribution in [-0.2, 0) is 6.54 Å². The van der Waals surface area contributed by atoms with Crippen LogP contribution in [0.25, 0.3) is 5.78 Å². The first kappa shape index (κ1) is 11.1. The molecule has 0 atom stereocenters. The summed E-state index contributed by atoms with van der Waals surface area (Å²) in [6.45, 7) is 6.37. The van der Waals surface area contributed by atoms with E-state index in [1.165, 1.54) is 6.42 Å². The second-order valence-corrected chi connectivity index (χ2v) is 4.40. The van der Waals surface area contributed by atoms with Crippen molar-refractivity contribution in [3.8, 4) is 0 Å². The van der Waals surface area contributed by atoms with E-state index < -0.39 is 0 Å². The normalized spacial score (nSPS) is 11.4. The fraction of sp³-hybridized carbons (Fsp3) is 0.500. The monoisotopic (exact) mass is 218 g/mol. The Balaban J connectivity index is 1.94. The standard InChI is InChI=1S/C12H18N4/c1-10(2)4-6-13-8-11-9-15-12-14-5-3-7-16(11)12/h3,5,7,9-10,13H,4,6,8H2,1-2H3. The lowest BCUT2D eigenvalue weighted by atomic mass is 10.1. The highest BCUT2D eigenvalue weighted by Crippen LogP contribution is 2.03. The van der Waals surface area contributed by atoms with Crippen molar-refractivity contribution in [3.63, 3.8) is 0 Å². The maximum absolute atomic E-state index is 4.24. The van der Waals surface area contributed by atoms with Gasteiger partial charge in [-0.25, -0.2) is 9.97 Å². The molecule has 0 fully saturated rings. The maximum Gasteiger partial charge on any atom is 0.233 e. The Morgan fingerprint density at radius 1 is 1.38 bits per heavy atom. The minimum atomic E-state index is 0.747. The van der Waals surface area contributed by atoms with E-state index >= 15 is 0 Å². The van der Waals surface area contributed by atoms with Gasteiger partial charge in [0.2, 0.25) is 5.78 Å². The van der Waals surface area contributed by atoms with Crippen molar-refractivity contribution in [1.29, 1.82) is 0 Å². The third-order valence-electron chi connectivity index (χ3n) is 2.57. The lowest BCUT2D eigenvalue weighted by Crippen LogP contribution is -2.17. The van der Waals surface area contributed by atoms with Crippen LogP contribution >= 0.6 is 0 Å². The van der Waals surface area contributed by atoms with Crippen LogP contribution in [0.1, 0.15) is 26.0 Å². The lowest BCUT2D eigenvalue weighted by molar-refractivity contribution is 0.534. The molecule has 0 saturated heterocycles. The van der Waals surface area contributed by atoms with Gasteiger partial charge in [0, 0.05) is 18.9 Å². The van der Waals surface area contributed by atoms with Crippen molar-refractivity contribution in [2.45, 2.75) is 26.8 Å². The summed E-state index contributed by atoms with van der Waals surface area (Å²) in [4.78, 5) is 8.43. The van der Waals surface area contributed by atoms with Gasteiger partial charge in [0.25, 0.3) is 0 Å². The van der Waals surface area contributed by atoms with E-state index in [2.05, 4.69) is 29.1 Å². The van der Waals surface area contributed by atoms with Crippen LogP contribution in [0, 0.1) is 5.92 Å². The zero-order valence-corrected chi connectivity index (χ0v) is 9.85. The second-order valence-electron chi connectivity index (χ2n) is 4.40. The summed E-state index contributed by atoms with van der Waals surface area (Å²) in [5, 5.41) is 3.42. The van der Waals surface area contributed by atoms with Crippen LogP contribution in [0.4, 0.5) is 0 Å². The molecule has 0 aromatic carbocycles. The van der Waals surface area contributed by atoms with Gasteiger partial charge in [-0.2, -0.15) is 0 Å². The Morgan fingerprint density at radius 3 is 3.06 bits per heavy atom. The van der Waals surface area contributed by atoms with E-state index in [0.29, 0.717) is 0 Å². The molecule has 0 saturated carbocycles. The zero-order valence-electron chi connectivity index (χ0n) is 9.85. The lowest BCUT2D eigenvalue weighted by Gasteiger charge is -2.06. The maximum atomic E-state index is 4.24. The molecule has 2 rings (SSSR count). The number of fused-ring (bicyclic) bond motifs is 1. The van der Waals surface area contributed by atoms with Gasteiger partial charge in [0.15, 0.2) is 0 Å². The first-order valence-corrected chi connectivity index (χ1v) is 5.75. The molecule has 0 bridgehead atoms. The molecule has 2 heterocycles. The molecular weight excluding hydrogens is 200 g/mol. The zero-order chi connectivity index (χ0) is 11.4. The van der Waals surface area contributed by atoms with Gasteiger partial charge in [-0.1, -0.05) is 13.8 Å². The first-order valence-electron chi connectivity index (χ1n) is 5.75. The largest absolute Gasteiger partial charge is 0.311 e. The summed E-state index contributed by atoms with van der Waals surface area (Å²) in [6.07, 6.45) is 6.84. The quantitative estimate of drug-likeness (QED) is 0.779. The fourth-order valence-electron chi connectivity index (χ4n) is 1.62. The molecule has 16 heavy (non-hydrogen) atoms. The van der Waals surface area contributed by atoms with Gasteiger partial charge in [-0.05, 0) is 24.9 Å². The molecule has 1 N–H and O–H groups in total. The molecule has 0 spiro atoms. The number of hydrogen-bond acceptors (Lipinski definition) is 3. The number of rotatable bonds is 5. The second kappa shape index (κ2) is 5.07. The van der Waals surface area contributed by atoms with Crippen molar-refractivity contribution in [1.82, 2.24) is 19.7 Å². The van der Waals surface area contributed by atoms with Gasteiger partial charge in [-0.15, -0.1) is 0 Å². The number of aromatic nitrogens is 3.